The lowest BCUT2D eigenvalue weighted by Crippen LogP contribution is -2.16. The minimum absolute atomic E-state index is 0.00501. The number of halogens is 1. The van der Waals surface area contributed by atoms with Crippen molar-refractivity contribution in [3.8, 4) is 6.07 Å². The fraction of sp³-hybridized carbons (Fsp3) is 0.391. The largest absolute Gasteiger partial charge is 0.310 e. The second-order valence-corrected chi connectivity index (χ2v) is 8.52. The number of nitrogens with one attached hydrogen (secondary N) is 1. The Morgan fingerprint density at radius 2 is 2.13 bits per heavy atom. The highest BCUT2D eigenvalue weighted by Crippen LogP contribution is 2.56. The molecule has 0 spiro atoms. The summed E-state index contributed by atoms with van der Waals surface area (Å²) < 4.78 is 1.77. The maximum atomic E-state index is 12.9. The molecule has 0 aliphatic heterocycles. The molecule has 1 N–H and O–H groups in total. The van der Waals surface area contributed by atoms with Crippen molar-refractivity contribution in [3.05, 3.63) is 52.9 Å². The molecule has 7 heteroatoms. The Bertz CT molecular complexity index is 1150. The van der Waals surface area contributed by atoms with Crippen molar-refractivity contribution in [1.29, 1.82) is 5.26 Å². The van der Waals surface area contributed by atoms with Crippen LogP contribution in [0.15, 0.2) is 36.8 Å². The van der Waals surface area contributed by atoms with Crippen molar-refractivity contribution < 1.29 is 4.79 Å². The first-order valence-electron chi connectivity index (χ1n) is 10.2. The van der Waals surface area contributed by atoms with Crippen LogP contribution in [-0.4, -0.2) is 20.7 Å². The highest BCUT2D eigenvalue weighted by atomic mass is 35.5. The fourth-order valence-corrected chi connectivity index (χ4v) is 4.75. The molecule has 6 nitrogen and oxygen atoms in total. The maximum absolute atomic E-state index is 12.9. The van der Waals surface area contributed by atoms with Crippen LogP contribution >= 0.6 is 11.6 Å². The molecule has 1 aliphatic carbocycles. The smallest absolute Gasteiger partial charge is 0.229 e. The molecule has 4 atom stereocenters. The van der Waals surface area contributed by atoms with Gasteiger partial charge in [0.15, 0.2) is 0 Å². The number of pyridine rings is 1. The second kappa shape index (κ2) is 8.08. The monoisotopic (exact) mass is 421 g/mol. The molecule has 154 valence electrons. The first-order chi connectivity index (χ1) is 14.4. The minimum Gasteiger partial charge on any atom is -0.310 e. The van der Waals surface area contributed by atoms with Gasteiger partial charge in [-0.25, -0.2) is 4.98 Å². The van der Waals surface area contributed by atoms with Gasteiger partial charge in [-0.1, -0.05) is 31.9 Å². The molecule has 30 heavy (non-hydrogen) atoms. The van der Waals surface area contributed by atoms with Crippen LogP contribution in [-0.2, 0) is 11.8 Å². The summed E-state index contributed by atoms with van der Waals surface area (Å²) in [5, 5.41) is 18.7. The molecule has 0 saturated heterocycles. The van der Waals surface area contributed by atoms with Crippen molar-refractivity contribution in [2.24, 2.45) is 18.9 Å². The molecule has 0 unspecified atom stereocenters. The lowest BCUT2D eigenvalue weighted by molar-refractivity contribution is -0.117. The van der Waals surface area contributed by atoms with Gasteiger partial charge in [0.05, 0.1) is 12.3 Å². The Balaban J connectivity index is 1.55. The van der Waals surface area contributed by atoms with Crippen LogP contribution in [0.3, 0.4) is 0 Å². The quantitative estimate of drug-likeness (QED) is 0.605. The van der Waals surface area contributed by atoms with Gasteiger partial charge in [0.1, 0.15) is 5.82 Å². The molecule has 0 bridgehead atoms. The number of fused-ring (bicyclic) bond motifs is 1. The molecule has 2 aromatic heterocycles. The molecule has 1 amide bonds. The number of nitriles is 1. The van der Waals surface area contributed by atoms with Gasteiger partial charge in [-0.15, -0.1) is 0 Å². The van der Waals surface area contributed by atoms with Crippen LogP contribution in [0.25, 0.3) is 10.8 Å². The molecule has 1 aliphatic rings. The normalized spacial score (nSPS) is 21.2. The number of aryl methyl sites for hydroxylation is 1. The molecule has 1 aromatic carbocycles. The van der Waals surface area contributed by atoms with Crippen LogP contribution in [0.5, 0.6) is 0 Å². The third kappa shape index (κ3) is 3.78. The Kier molecular flexibility index (Phi) is 5.48. The number of rotatable bonds is 6. The molecule has 4 rings (SSSR count). The number of carbonyl (C=O) groups is 1. The summed E-state index contributed by atoms with van der Waals surface area (Å²) in [7, 11) is 1.89. The lowest BCUT2D eigenvalue weighted by Gasteiger charge is -2.12. The highest BCUT2D eigenvalue weighted by Gasteiger charge is 2.54. The predicted octanol–water partition coefficient (Wildman–Crippen LogP) is 5.02. The molecule has 2 heterocycles. The Morgan fingerprint density at radius 1 is 1.33 bits per heavy atom. The van der Waals surface area contributed by atoms with Crippen molar-refractivity contribution in [1.82, 2.24) is 14.8 Å². The molecule has 0 radical (unpaired) electrons. The topological polar surface area (TPSA) is 83.6 Å². The molecular formula is C23H24ClN5O. The second-order valence-electron chi connectivity index (χ2n) is 8.11. The SMILES string of the molecule is CC[C@H]1[C@@H](C(=O)Nc2cc3cc([C@@H](C)CC#N)c(Cl)cc3cn2)[C@@H]1c1cnn(C)c1. The van der Waals surface area contributed by atoms with Crippen molar-refractivity contribution in [2.45, 2.75) is 38.5 Å². The van der Waals surface area contributed by atoms with E-state index < -0.39 is 0 Å². The van der Waals surface area contributed by atoms with Crippen molar-refractivity contribution in [3.63, 3.8) is 0 Å². The van der Waals surface area contributed by atoms with Gasteiger partial charge in [-0.2, -0.15) is 10.4 Å². The fourth-order valence-electron chi connectivity index (χ4n) is 4.39. The lowest BCUT2D eigenvalue weighted by atomic mass is 9.96. The van der Waals surface area contributed by atoms with E-state index in [9.17, 15) is 4.79 Å². The number of carbonyl (C=O) groups excluding carboxylic acids is 1. The van der Waals surface area contributed by atoms with Gasteiger partial charge in [-0.3, -0.25) is 9.48 Å². The summed E-state index contributed by atoms with van der Waals surface area (Å²) in [5.74, 6) is 1.03. The number of amides is 1. The zero-order valence-electron chi connectivity index (χ0n) is 17.3. The van der Waals surface area contributed by atoms with Crippen LogP contribution in [0.1, 0.15) is 49.7 Å². The summed E-state index contributed by atoms with van der Waals surface area (Å²) in [6, 6.07) is 7.92. The van der Waals surface area contributed by atoms with Crippen LogP contribution < -0.4 is 5.32 Å². The Hall–Kier alpha value is -2.91. The van der Waals surface area contributed by atoms with E-state index in [-0.39, 0.29) is 23.7 Å². The van der Waals surface area contributed by atoms with Crippen LogP contribution in [0, 0.1) is 23.2 Å². The summed E-state index contributed by atoms with van der Waals surface area (Å²) >= 11 is 6.40. The van der Waals surface area contributed by atoms with Gasteiger partial charge in [-0.05, 0) is 46.5 Å². The molecule has 3 aromatic rings. The molecule has 1 fully saturated rings. The first kappa shape index (κ1) is 20.4. The number of benzene rings is 1. The van der Waals surface area contributed by atoms with E-state index in [0.717, 1.165) is 28.3 Å². The summed E-state index contributed by atoms with van der Waals surface area (Å²) in [6.45, 7) is 4.10. The zero-order chi connectivity index (χ0) is 21.4. The number of anilines is 1. The summed E-state index contributed by atoms with van der Waals surface area (Å²) in [4.78, 5) is 17.4. The third-order valence-corrected chi connectivity index (χ3v) is 6.40. The number of hydrogen-bond donors (Lipinski definition) is 1. The van der Waals surface area contributed by atoms with Gasteiger partial charge in [0.2, 0.25) is 5.91 Å². The van der Waals surface area contributed by atoms with Crippen LogP contribution in [0.2, 0.25) is 5.02 Å². The average Bonchev–Trinajstić information content (AvgIpc) is 3.31. The number of aromatic nitrogens is 3. The average molecular weight is 422 g/mol. The van der Waals surface area contributed by atoms with Crippen LogP contribution in [0.4, 0.5) is 5.82 Å². The Labute approximate surface area is 180 Å². The third-order valence-electron chi connectivity index (χ3n) is 6.07. The first-order valence-corrected chi connectivity index (χ1v) is 10.6. The van der Waals surface area contributed by atoms with E-state index in [2.05, 4.69) is 28.4 Å². The number of hydrogen-bond acceptors (Lipinski definition) is 4. The number of nitrogens with zero attached hydrogens (tertiary/aromatic N) is 4. The molecular weight excluding hydrogens is 398 g/mol. The minimum atomic E-state index is -0.0619. The van der Waals surface area contributed by atoms with E-state index in [1.54, 1.807) is 10.9 Å². The van der Waals surface area contributed by atoms with Gasteiger partial charge in [0.25, 0.3) is 0 Å². The highest BCUT2D eigenvalue weighted by molar-refractivity contribution is 6.32. The molecule has 1 saturated carbocycles. The van der Waals surface area contributed by atoms with Crippen molar-refractivity contribution >= 4 is 34.1 Å². The van der Waals surface area contributed by atoms with E-state index >= 15 is 0 Å². The summed E-state index contributed by atoms with van der Waals surface area (Å²) in [5.41, 5.74) is 2.04. The summed E-state index contributed by atoms with van der Waals surface area (Å²) in [6.07, 6.45) is 6.90. The van der Waals surface area contributed by atoms with E-state index in [1.165, 1.54) is 0 Å². The standard InChI is InChI=1S/C23H24ClN5O/c1-4-17-21(16-11-27-29(3)12-16)22(17)23(30)28-20-9-14-7-18(13(2)5-6-25)19(24)8-15(14)10-26-20/h7-13,17,21-22H,4-5H2,1-3H3,(H,26,28,30)/t13-,17+,21+,22+/m0/s1. The zero-order valence-corrected chi connectivity index (χ0v) is 18.0. The maximum Gasteiger partial charge on any atom is 0.229 e. The van der Waals surface area contributed by atoms with E-state index in [1.807, 2.05) is 44.6 Å². The van der Waals surface area contributed by atoms with Gasteiger partial charge >= 0.3 is 0 Å². The van der Waals surface area contributed by atoms with Gasteiger partial charge < -0.3 is 5.32 Å². The Morgan fingerprint density at radius 3 is 2.80 bits per heavy atom. The van der Waals surface area contributed by atoms with E-state index in [0.29, 0.717) is 23.2 Å². The van der Waals surface area contributed by atoms with E-state index in [4.69, 9.17) is 16.9 Å². The van der Waals surface area contributed by atoms with Gasteiger partial charge in [0, 0.05) is 48.1 Å². The van der Waals surface area contributed by atoms with Crippen molar-refractivity contribution in [2.75, 3.05) is 5.32 Å². The predicted molar refractivity (Wildman–Crippen MR) is 117 cm³/mol.